The molecule has 3 aromatic heterocycles. The van der Waals surface area contributed by atoms with E-state index in [-0.39, 0.29) is 18.0 Å². The van der Waals surface area contributed by atoms with Gasteiger partial charge in [0.25, 0.3) is 5.91 Å². The molecule has 1 aromatic carbocycles. The Bertz CT molecular complexity index is 1380. The maximum atomic E-state index is 13.8. The number of hydrogen-bond acceptors (Lipinski definition) is 4. The molecule has 1 saturated heterocycles. The third kappa shape index (κ3) is 3.50. The van der Waals surface area contributed by atoms with Gasteiger partial charge in [0.05, 0.1) is 28.5 Å². The topological polar surface area (TPSA) is 81.5 Å². The van der Waals surface area contributed by atoms with Gasteiger partial charge in [-0.25, -0.2) is 9.50 Å². The van der Waals surface area contributed by atoms with Gasteiger partial charge in [0, 0.05) is 49.4 Å². The monoisotopic (exact) mass is 456 g/mol. The minimum Gasteiger partial charge on any atom is -0.350 e. The second-order valence-electron chi connectivity index (χ2n) is 10.1. The number of nitrogens with two attached hydrogens (primary N) is 1. The third-order valence-electron chi connectivity index (χ3n) is 7.78. The summed E-state index contributed by atoms with van der Waals surface area (Å²) in [7, 11) is 2.00. The van der Waals surface area contributed by atoms with E-state index in [2.05, 4.69) is 31.3 Å². The minimum absolute atomic E-state index is 0.0397. The first-order valence-corrected chi connectivity index (χ1v) is 12.5. The highest BCUT2D eigenvalue weighted by atomic mass is 16.2. The van der Waals surface area contributed by atoms with Crippen LogP contribution in [0.25, 0.3) is 16.6 Å². The van der Waals surface area contributed by atoms with Crippen molar-refractivity contribution in [2.24, 2.45) is 12.8 Å². The Kier molecular flexibility index (Phi) is 5.17. The van der Waals surface area contributed by atoms with Crippen molar-refractivity contribution in [3.63, 3.8) is 0 Å². The second-order valence-corrected chi connectivity index (χ2v) is 10.1. The van der Waals surface area contributed by atoms with Gasteiger partial charge in [0.1, 0.15) is 0 Å². The number of benzene rings is 1. The molecule has 0 spiro atoms. The SMILES string of the molecule is Cc1cn2nc(C3CCCCN3C(=O)c3cccc4ccn(C)c34)cc2nc1C1CCC(N)C1. The van der Waals surface area contributed by atoms with E-state index >= 15 is 0 Å². The summed E-state index contributed by atoms with van der Waals surface area (Å²) < 4.78 is 3.92. The van der Waals surface area contributed by atoms with Crippen LogP contribution in [0.5, 0.6) is 0 Å². The zero-order chi connectivity index (χ0) is 23.4. The Morgan fingerprint density at radius 2 is 2.03 bits per heavy atom. The van der Waals surface area contributed by atoms with Crippen LogP contribution in [-0.4, -0.2) is 42.6 Å². The number of aromatic nitrogens is 4. The molecule has 4 aromatic rings. The van der Waals surface area contributed by atoms with Crippen molar-refractivity contribution < 1.29 is 4.79 Å². The molecule has 3 unspecified atom stereocenters. The molecular weight excluding hydrogens is 424 g/mol. The van der Waals surface area contributed by atoms with E-state index in [9.17, 15) is 4.79 Å². The molecule has 0 radical (unpaired) electrons. The third-order valence-corrected chi connectivity index (χ3v) is 7.78. The van der Waals surface area contributed by atoms with Gasteiger partial charge in [-0.15, -0.1) is 0 Å². The molecule has 1 aliphatic carbocycles. The van der Waals surface area contributed by atoms with E-state index < -0.39 is 0 Å². The van der Waals surface area contributed by atoms with Gasteiger partial charge in [-0.05, 0) is 63.1 Å². The van der Waals surface area contributed by atoms with E-state index in [4.69, 9.17) is 15.8 Å². The van der Waals surface area contributed by atoms with E-state index in [1.807, 2.05) is 39.4 Å². The summed E-state index contributed by atoms with van der Waals surface area (Å²) in [5, 5.41) is 6.00. The number of amides is 1. The number of carbonyl (C=O) groups is 1. The first-order valence-electron chi connectivity index (χ1n) is 12.5. The lowest BCUT2D eigenvalue weighted by Gasteiger charge is -2.35. The molecule has 0 bridgehead atoms. The summed E-state index contributed by atoms with van der Waals surface area (Å²) in [6.07, 6.45) is 10.3. The highest BCUT2D eigenvalue weighted by Crippen LogP contribution is 2.36. The van der Waals surface area contributed by atoms with Crippen molar-refractivity contribution in [1.29, 1.82) is 0 Å². The molecule has 176 valence electrons. The number of nitrogens with zero attached hydrogens (tertiary/aromatic N) is 5. The highest BCUT2D eigenvalue weighted by molar-refractivity contribution is 6.06. The molecule has 2 fully saturated rings. The Hall–Kier alpha value is -3.19. The quantitative estimate of drug-likeness (QED) is 0.492. The van der Waals surface area contributed by atoms with Crippen molar-refractivity contribution >= 4 is 22.5 Å². The fraction of sp³-hybridized carbons (Fsp3) is 0.444. The molecule has 1 aliphatic heterocycles. The van der Waals surface area contributed by atoms with Gasteiger partial charge in [0.2, 0.25) is 0 Å². The number of piperidine rings is 1. The molecule has 2 aliphatic rings. The lowest BCUT2D eigenvalue weighted by Crippen LogP contribution is -2.39. The number of hydrogen-bond donors (Lipinski definition) is 1. The molecule has 4 heterocycles. The zero-order valence-electron chi connectivity index (χ0n) is 19.9. The Balaban J connectivity index is 1.36. The van der Waals surface area contributed by atoms with Crippen molar-refractivity contribution in [1.82, 2.24) is 24.1 Å². The number of aryl methyl sites for hydroxylation is 2. The number of fused-ring (bicyclic) bond motifs is 2. The van der Waals surface area contributed by atoms with Crippen LogP contribution in [0.1, 0.15) is 77.8 Å². The summed E-state index contributed by atoms with van der Waals surface area (Å²) in [6, 6.07) is 10.4. The molecule has 1 saturated carbocycles. The average Bonchev–Trinajstić information content (AvgIpc) is 3.56. The first kappa shape index (κ1) is 21.4. The average molecular weight is 457 g/mol. The Morgan fingerprint density at radius 1 is 1.15 bits per heavy atom. The summed E-state index contributed by atoms with van der Waals surface area (Å²) in [4.78, 5) is 20.9. The standard InChI is InChI=1S/C27H32N6O/c1-17-16-33-24(29-25(17)19-9-10-20(28)14-19)15-22(30-33)23-8-3-4-12-32(23)27(34)21-7-5-6-18-11-13-31(2)26(18)21/h5-7,11,13,15-16,19-20,23H,3-4,8-10,12,14,28H2,1-2H3. The minimum atomic E-state index is -0.0397. The van der Waals surface area contributed by atoms with Gasteiger partial charge in [-0.2, -0.15) is 5.10 Å². The Morgan fingerprint density at radius 3 is 2.85 bits per heavy atom. The van der Waals surface area contributed by atoms with Crippen LogP contribution in [-0.2, 0) is 7.05 Å². The molecular formula is C27H32N6O. The van der Waals surface area contributed by atoms with Gasteiger partial charge < -0.3 is 15.2 Å². The maximum Gasteiger partial charge on any atom is 0.256 e. The van der Waals surface area contributed by atoms with E-state index in [0.29, 0.717) is 5.92 Å². The lowest BCUT2D eigenvalue weighted by molar-refractivity contribution is 0.0607. The largest absolute Gasteiger partial charge is 0.350 e. The van der Waals surface area contributed by atoms with Crippen LogP contribution in [0.15, 0.2) is 42.7 Å². The normalized spacial score (nSPS) is 23.3. The van der Waals surface area contributed by atoms with Gasteiger partial charge in [-0.1, -0.05) is 12.1 Å². The summed E-state index contributed by atoms with van der Waals surface area (Å²) in [5.41, 5.74) is 12.0. The van der Waals surface area contributed by atoms with Crippen LogP contribution in [0.4, 0.5) is 0 Å². The van der Waals surface area contributed by atoms with Gasteiger partial charge in [-0.3, -0.25) is 4.79 Å². The van der Waals surface area contributed by atoms with Crippen molar-refractivity contribution in [2.75, 3.05) is 6.54 Å². The lowest BCUT2D eigenvalue weighted by atomic mass is 9.97. The fourth-order valence-electron chi connectivity index (χ4n) is 6.05. The summed E-state index contributed by atoms with van der Waals surface area (Å²) >= 11 is 0. The molecule has 34 heavy (non-hydrogen) atoms. The van der Waals surface area contributed by atoms with Crippen molar-refractivity contribution in [3.8, 4) is 0 Å². The maximum absolute atomic E-state index is 13.8. The Labute approximate surface area is 199 Å². The van der Waals surface area contributed by atoms with Crippen LogP contribution >= 0.6 is 0 Å². The van der Waals surface area contributed by atoms with Crippen molar-refractivity contribution in [2.45, 2.75) is 63.5 Å². The van der Waals surface area contributed by atoms with E-state index in [1.165, 1.54) is 0 Å². The molecule has 7 nitrogen and oxygen atoms in total. The van der Waals surface area contributed by atoms with Gasteiger partial charge in [0.15, 0.2) is 5.65 Å². The smallest absolute Gasteiger partial charge is 0.256 e. The predicted molar refractivity (Wildman–Crippen MR) is 133 cm³/mol. The van der Waals surface area contributed by atoms with E-state index in [0.717, 1.165) is 84.1 Å². The molecule has 3 atom stereocenters. The fourth-order valence-corrected chi connectivity index (χ4v) is 6.05. The predicted octanol–water partition coefficient (Wildman–Crippen LogP) is 4.49. The first-order chi connectivity index (χ1) is 16.5. The molecule has 7 heteroatoms. The molecule has 1 amide bonds. The van der Waals surface area contributed by atoms with Crippen molar-refractivity contribution in [3.05, 3.63) is 65.2 Å². The summed E-state index contributed by atoms with van der Waals surface area (Å²) in [6.45, 7) is 2.86. The van der Waals surface area contributed by atoms with E-state index in [1.54, 1.807) is 0 Å². The second kappa shape index (κ2) is 8.24. The summed E-state index contributed by atoms with van der Waals surface area (Å²) in [5.74, 6) is 0.510. The van der Waals surface area contributed by atoms with Crippen LogP contribution in [0.3, 0.4) is 0 Å². The number of para-hydroxylation sites is 1. The number of carbonyl (C=O) groups excluding carboxylic acids is 1. The van der Waals surface area contributed by atoms with Crippen LogP contribution in [0.2, 0.25) is 0 Å². The zero-order valence-corrected chi connectivity index (χ0v) is 19.9. The number of rotatable bonds is 3. The molecule has 2 N–H and O–H groups in total. The van der Waals surface area contributed by atoms with Crippen LogP contribution in [0, 0.1) is 6.92 Å². The highest BCUT2D eigenvalue weighted by Gasteiger charge is 2.32. The molecule has 6 rings (SSSR count). The number of likely N-dealkylation sites (tertiary alicyclic amines) is 1. The van der Waals surface area contributed by atoms with Gasteiger partial charge >= 0.3 is 0 Å². The van der Waals surface area contributed by atoms with Crippen LogP contribution < -0.4 is 5.73 Å².